The Balaban J connectivity index is 1.93. The summed E-state index contributed by atoms with van der Waals surface area (Å²) in [6.07, 6.45) is 1.92. The van der Waals surface area contributed by atoms with E-state index in [1.54, 1.807) is 18.2 Å². The SMILES string of the molecule is CC(C)(C)CC(C)(C)NC(=O)C1CCN(S(=O)(=O)Cc2ccc(Cl)c(Cl)c2)CC1. The zero-order chi connectivity index (χ0) is 22.0. The molecule has 8 heteroatoms. The molecule has 1 fully saturated rings. The smallest absolute Gasteiger partial charge is 0.223 e. The molecule has 0 radical (unpaired) electrons. The van der Waals surface area contributed by atoms with E-state index in [0.29, 0.717) is 41.5 Å². The number of benzene rings is 1. The Labute approximate surface area is 185 Å². The lowest BCUT2D eigenvalue weighted by atomic mass is 9.81. The topological polar surface area (TPSA) is 66.5 Å². The maximum atomic E-state index is 12.8. The van der Waals surface area contributed by atoms with E-state index in [0.717, 1.165) is 6.42 Å². The van der Waals surface area contributed by atoms with Crippen molar-refractivity contribution in [1.82, 2.24) is 9.62 Å². The maximum Gasteiger partial charge on any atom is 0.223 e. The number of carbonyl (C=O) groups is 1. The minimum absolute atomic E-state index is 0.0146. The van der Waals surface area contributed by atoms with Crippen LogP contribution in [0.2, 0.25) is 10.0 Å². The fourth-order valence-corrected chi connectivity index (χ4v) is 6.00. The molecule has 1 aromatic rings. The van der Waals surface area contributed by atoms with Crippen LogP contribution in [0.25, 0.3) is 0 Å². The quantitative estimate of drug-likeness (QED) is 0.655. The average molecular weight is 463 g/mol. The van der Waals surface area contributed by atoms with Crippen LogP contribution in [0.5, 0.6) is 0 Å². The van der Waals surface area contributed by atoms with Crippen LogP contribution in [0.1, 0.15) is 59.4 Å². The average Bonchev–Trinajstić information content (AvgIpc) is 2.55. The molecular weight excluding hydrogens is 431 g/mol. The van der Waals surface area contributed by atoms with E-state index in [2.05, 4.69) is 26.1 Å². The number of rotatable bonds is 6. The largest absolute Gasteiger partial charge is 0.351 e. The molecule has 1 N–H and O–H groups in total. The Hall–Kier alpha value is -0.820. The molecule has 2 rings (SSSR count). The third kappa shape index (κ3) is 7.42. The van der Waals surface area contributed by atoms with Crippen molar-refractivity contribution in [2.75, 3.05) is 13.1 Å². The standard InChI is InChI=1S/C21H32Cl2N2O3S/c1-20(2,3)14-21(4,5)24-19(26)16-8-10-25(11-9-16)29(27,28)13-15-6-7-17(22)18(23)12-15/h6-7,12,16H,8-11,13-14H2,1-5H3,(H,24,26). The second-order valence-corrected chi connectivity index (χ2v) is 12.6. The van der Waals surface area contributed by atoms with Gasteiger partial charge in [0.15, 0.2) is 0 Å². The summed E-state index contributed by atoms with van der Waals surface area (Å²) < 4.78 is 27.0. The number of amides is 1. The summed E-state index contributed by atoms with van der Waals surface area (Å²) in [6, 6.07) is 4.85. The second kappa shape index (κ2) is 9.13. The van der Waals surface area contributed by atoms with Gasteiger partial charge in [0.05, 0.1) is 15.8 Å². The lowest BCUT2D eigenvalue weighted by Crippen LogP contribution is -2.50. The number of sulfonamides is 1. The van der Waals surface area contributed by atoms with Gasteiger partial charge in [-0.3, -0.25) is 4.79 Å². The van der Waals surface area contributed by atoms with Crippen molar-refractivity contribution < 1.29 is 13.2 Å². The van der Waals surface area contributed by atoms with Gasteiger partial charge in [-0.05, 0) is 56.2 Å². The van der Waals surface area contributed by atoms with Crippen molar-refractivity contribution in [3.8, 4) is 0 Å². The molecule has 0 saturated carbocycles. The first kappa shape index (κ1) is 24.4. The van der Waals surface area contributed by atoms with E-state index in [4.69, 9.17) is 23.2 Å². The molecule has 0 atom stereocenters. The fraction of sp³-hybridized carbons (Fsp3) is 0.667. The van der Waals surface area contributed by atoms with Crippen molar-refractivity contribution in [2.45, 2.75) is 65.2 Å². The molecule has 0 bridgehead atoms. The molecule has 1 aliphatic heterocycles. The number of halogens is 2. The molecule has 1 saturated heterocycles. The Morgan fingerprint density at radius 1 is 1.10 bits per heavy atom. The van der Waals surface area contributed by atoms with E-state index in [-0.39, 0.29) is 28.5 Å². The third-order valence-corrected chi connectivity index (χ3v) is 7.57. The summed E-state index contributed by atoms with van der Waals surface area (Å²) >= 11 is 11.9. The predicted molar refractivity (Wildman–Crippen MR) is 120 cm³/mol. The molecule has 0 spiro atoms. The first-order valence-corrected chi connectivity index (χ1v) is 12.3. The van der Waals surface area contributed by atoms with Crippen LogP contribution in [0.4, 0.5) is 0 Å². The lowest BCUT2D eigenvalue weighted by Gasteiger charge is -2.36. The van der Waals surface area contributed by atoms with Gasteiger partial charge in [-0.15, -0.1) is 0 Å². The van der Waals surface area contributed by atoms with Gasteiger partial charge in [-0.25, -0.2) is 12.7 Å². The van der Waals surface area contributed by atoms with Crippen molar-refractivity contribution in [3.05, 3.63) is 33.8 Å². The van der Waals surface area contributed by atoms with Crippen molar-refractivity contribution in [1.29, 1.82) is 0 Å². The van der Waals surface area contributed by atoms with Gasteiger partial charge < -0.3 is 5.32 Å². The first-order chi connectivity index (χ1) is 13.2. The lowest BCUT2D eigenvalue weighted by molar-refractivity contribution is -0.128. The predicted octanol–water partition coefficient (Wildman–Crippen LogP) is 4.87. The van der Waals surface area contributed by atoms with Crippen LogP contribution >= 0.6 is 23.2 Å². The van der Waals surface area contributed by atoms with E-state index in [1.165, 1.54) is 4.31 Å². The summed E-state index contributed by atoms with van der Waals surface area (Å²) in [5.41, 5.74) is 0.411. The van der Waals surface area contributed by atoms with Gasteiger partial charge >= 0.3 is 0 Å². The molecular formula is C21H32Cl2N2O3S. The second-order valence-electron chi connectivity index (χ2n) is 9.79. The van der Waals surface area contributed by atoms with Crippen molar-refractivity contribution >= 4 is 39.1 Å². The molecule has 164 valence electrons. The molecule has 29 heavy (non-hydrogen) atoms. The van der Waals surface area contributed by atoms with Gasteiger partial charge in [0.2, 0.25) is 15.9 Å². The van der Waals surface area contributed by atoms with Gasteiger partial charge in [-0.2, -0.15) is 0 Å². The highest BCUT2D eigenvalue weighted by Gasteiger charge is 2.34. The molecule has 1 amide bonds. The van der Waals surface area contributed by atoms with Crippen LogP contribution in [0.3, 0.4) is 0 Å². The van der Waals surface area contributed by atoms with Gasteiger partial charge in [0, 0.05) is 24.5 Å². The van der Waals surface area contributed by atoms with Gasteiger partial charge in [-0.1, -0.05) is 50.0 Å². The summed E-state index contributed by atoms with van der Waals surface area (Å²) in [5.74, 6) is -0.272. The summed E-state index contributed by atoms with van der Waals surface area (Å²) in [7, 11) is -3.47. The zero-order valence-electron chi connectivity index (χ0n) is 17.9. The molecule has 1 aromatic carbocycles. The number of nitrogens with one attached hydrogen (secondary N) is 1. The molecule has 0 aliphatic carbocycles. The first-order valence-electron chi connectivity index (χ1n) is 9.92. The fourth-order valence-electron chi connectivity index (χ4n) is 4.13. The Bertz CT molecular complexity index is 840. The van der Waals surface area contributed by atoms with E-state index < -0.39 is 10.0 Å². The molecule has 0 aromatic heterocycles. The minimum atomic E-state index is -3.47. The van der Waals surface area contributed by atoms with Crippen LogP contribution in [-0.2, 0) is 20.6 Å². The van der Waals surface area contributed by atoms with Crippen LogP contribution in [0, 0.1) is 11.3 Å². The zero-order valence-corrected chi connectivity index (χ0v) is 20.2. The molecule has 5 nitrogen and oxygen atoms in total. The molecule has 0 unspecified atom stereocenters. The van der Waals surface area contributed by atoms with Crippen LogP contribution in [-0.4, -0.2) is 37.3 Å². The van der Waals surface area contributed by atoms with Crippen molar-refractivity contribution in [3.63, 3.8) is 0 Å². The van der Waals surface area contributed by atoms with E-state index >= 15 is 0 Å². The summed E-state index contributed by atoms with van der Waals surface area (Å²) in [5, 5.41) is 3.89. The van der Waals surface area contributed by atoms with Crippen LogP contribution < -0.4 is 5.32 Å². The summed E-state index contributed by atoms with van der Waals surface area (Å²) in [4.78, 5) is 12.7. The number of piperidine rings is 1. The normalized spacial score (nSPS) is 17.3. The highest BCUT2D eigenvalue weighted by molar-refractivity contribution is 7.88. The van der Waals surface area contributed by atoms with Gasteiger partial charge in [0.1, 0.15) is 0 Å². The monoisotopic (exact) mass is 462 g/mol. The minimum Gasteiger partial charge on any atom is -0.351 e. The van der Waals surface area contributed by atoms with Crippen LogP contribution in [0.15, 0.2) is 18.2 Å². The number of hydrogen-bond acceptors (Lipinski definition) is 3. The highest BCUT2D eigenvalue weighted by Crippen LogP contribution is 2.29. The third-order valence-electron chi connectivity index (χ3n) is 4.99. The Morgan fingerprint density at radius 2 is 1.69 bits per heavy atom. The number of hydrogen-bond donors (Lipinski definition) is 1. The Kier molecular flexibility index (Phi) is 7.69. The van der Waals surface area contributed by atoms with E-state index in [1.807, 2.05) is 13.8 Å². The van der Waals surface area contributed by atoms with Crippen molar-refractivity contribution in [2.24, 2.45) is 11.3 Å². The van der Waals surface area contributed by atoms with E-state index in [9.17, 15) is 13.2 Å². The highest BCUT2D eigenvalue weighted by atomic mass is 35.5. The van der Waals surface area contributed by atoms with Gasteiger partial charge in [0.25, 0.3) is 0 Å². The number of carbonyl (C=O) groups excluding carboxylic acids is 1. The summed E-state index contributed by atoms with van der Waals surface area (Å²) in [6.45, 7) is 11.2. The molecule has 1 aliphatic rings. The number of nitrogens with zero attached hydrogens (tertiary/aromatic N) is 1. The maximum absolute atomic E-state index is 12.8. The molecule has 1 heterocycles. The Morgan fingerprint density at radius 3 is 2.21 bits per heavy atom.